The molecule has 126 valence electrons. The first-order chi connectivity index (χ1) is 12.0. The molecule has 0 N–H and O–H groups in total. The standard InChI is InChI=1S/C18H13NO6/c1-24-17(22)11-6-8-12(9-7-11)18(23)25-10-19-15(20)13-4-2-3-5-14(13)16(19)21/h2-9H,10H2,1H3. The van der Waals surface area contributed by atoms with Gasteiger partial charge in [0, 0.05) is 0 Å². The fraction of sp³-hybridized carbons (Fsp3) is 0.111. The van der Waals surface area contributed by atoms with Crippen LogP contribution in [0.5, 0.6) is 0 Å². The van der Waals surface area contributed by atoms with Crippen molar-refractivity contribution in [2.75, 3.05) is 13.8 Å². The number of carbonyl (C=O) groups is 4. The highest BCUT2D eigenvalue weighted by Crippen LogP contribution is 2.22. The number of carbonyl (C=O) groups excluding carboxylic acids is 4. The zero-order chi connectivity index (χ0) is 18.0. The van der Waals surface area contributed by atoms with E-state index in [1.807, 2.05) is 0 Å². The van der Waals surface area contributed by atoms with Crippen LogP contribution in [-0.4, -0.2) is 42.5 Å². The summed E-state index contributed by atoms with van der Waals surface area (Å²) in [4.78, 5) is 48.6. The lowest BCUT2D eigenvalue weighted by atomic mass is 10.1. The molecule has 0 aliphatic carbocycles. The van der Waals surface area contributed by atoms with Gasteiger partial charge in [0.2, 0.25) is 0 Å². The van der Waals surface area contributed by atoms with E-state index in [0.717, 1.165) is 4.90 Å². The summed E-state index contributed by atoms with van der Waals surface area (Å²) < 4.78 is 9.61. The summed E-state index contributed by atoms with van der Waals surface area (Å²) in [5.41, 5.74) is 1.04. The normalized spacial score (nSPS) is 12.8. The molecule has 2 aromatic carbocycles. The Labute approximate surface area is 142 Å². The van der Waals surface area contributed by atoms with Crippen LogP contribution < -0.4 is 0 Å². The van der Waals surface area contributed by atoms with Gasteiger partial charge >= 0.3 is 11.9 Å². The van der Waals surface area contributed by atoms with E-state index in [9.17, 15) is 19.2 Å². The molecule has 0 saturated carbocycles. The largest absolute Gasteiger partial charge is 0.465 e. The van der Waals surface area contributed by atoms with Crippen LogP contribution >= 0.6 is 0 Å². The first kappa shape index (κ1) is 16.4. The third-order valence-electron chi connectivity index (χ3n) is 3.74. The van der Waals surface area contributed by atoms with Crippen LogP contribution in [0.1, 0.15) is 41.4 Å². The minimum Gasteiger partial charge on any atom is -0.465 e. The van der Waals surface area contributed by atoms with Crippen molar-refractivity contribution in [2.24, 2.45) is 0 Å². The molecule has 0 bridgehead atoms. The first-order valence-corrected chi connectivity index (χ1v) is 7.33. The van der Waals surface area contributed by atoms with E-state index >= 15 is 0 Å². The van der Waals surface area contributed by atoms with Crippen molar-refractivity contribution < 1.29 is 28.7 Å². The van der Waals surface area contributed by atoms with Gasteiger partial charge in [-0.3, -0.25) is 9.59 Å². The molecule has 0 spiro atoms. The maximum atomic E-state index is 12.2. The van der Waals surface area contributed by atoms with Gasteiger partial charge in [-0.2, -0.15) is 0 Å². The Bertz CT molecular complexity index is 836. The van der Waals surface area contributed by atoms with E-state index in [1.54, 1.807) is 24.3 Å². The SMILES string of the molecule is COC(=O)c1ccc(C(=O)OCN2C(=O)c3ccccc3C2=O)cc1. The molecular formula is C18H13NO6. The molecule has 0 unspecified atom stereocenters. The van der Waals surface area contributed by atoms with E-state index in [0.29, 0.717) is 5.56 Å². The molecule has 7 nitrogen and oxygen atoms in total. The molecule has 0 radical (unpaired) electrons. The average Bonchev–Trinajstić information content (AvgIpc) is 2.90. The van der Waals surface area contributed by atoms with E-state index < -0.39 is 30.5 Å². The van der Waals surface area contributed by atoms with Gasteiger partial charge in [-0.25, -0.2) is 14.5 Å². The lowest BCUT2D eigenvalue weighted by Gasteiger charge is -2.14. The number of hydrogen-bond acceptors (Lipinski definition) is 6. The number of esters is 2. The number of amides is 2. The molecular weight excluding hydrogens is 326 g/mol. The maximum Gasteiger partial charge on any atom is 0.339 e. The molecule has 0 fully saturated rings. The minimum absolute atomic E-state index is 0.185. The lowest BCUT2D eigenvalue weighted by molar-refractivity contribution is 0.0227. The van der Waals surface area contributed by atoms with Crippen LogP contribution in [0.15, 0.2) is 48.5 Å². The van der Waals surface area contributed by atoms with Gasteiger partial charge in [-0.15, -0.1) is 0 Å². The van der Waals surface area contributed by atoms with Crippen molar-refractivity contribution in [3.8, 4) is 0 Å². The molecule has 25 heavy (non-hydrogen) atoms. The van der Waals surface area contributed by atoms with E-state index in [1.165, 1.54) is 31.4 Å². The highest BCUT2D eigenvalue weighted by molar-refractivity contribution is 6.21. The van der Waals surface area contributed by atoms with Crippen LogP contribution in [0.2, 0.25) is 0 Å². The molecule has 1 aliphatic heterocycles. The fourth-order valence-corrected chi connectivity index (χ4v) is 2.42. The molecule has 0 aromatic heterocycles. The van der Waals surface area contributed by atoms with Crippen LogP contribution in [0.3, 0.4) is 0 Å². The Hall–Kier alpha value is -3.48. The Balaban J connectivity index is 1.66. The van der Waals surface area contributed by atoms with Gasteiger partial charge in [0.15, 0.2) is 6.73 Å². The molecule has 7 heteroatoms. The predicted octanol–water partition coefficient (Wildman–Crippen LogP) is 1.88. The zero-order valence-electron chi connectivity index (χ0n) is 13.2. The molecule has 0 atom stereocenters. The summed E-state index contributed by atoms with van der Waals surface area (Å²) in [6.07, 6.45) is 0. The molecule has 0 saturated heterocycles. The summed E-state index contributed by atoms with van der Waals surface area (Å²) >= 11 is 0. The predicted molar refractivity (Wildman–Crippen MR) is 85.0 cm³/mol. The van der Waals surface area contributed by atoms with Crippen molar-refractivity contribution in [3.05, 3.63) is 70.8 Å². The van der Waals surface area contributed by atoms with E-state index in [4.69, 9.17) is 4.74 Å². The van der Waals surface area contributed by atoms with Crippen LogP contribution in [0.25, 0.3) is 0 Å². The van der Waals surface area contributed by atoms with Crippen LogP contribution in [0, 0.1) is 0 Å². The van der Waals surface area contributed by atoms with Crippen molar-refractivity contribution in [2.45, 2.75) is 0 Å². The summed E-state index contributed by atoms with van der Waals surface area (Å²) in [7, 11) is 1.26. The fourth-order valence-electron chi connectivity index (χ4n) is 2.42. The number of rotatable bonds is 4. The summed E-state index contributed by atoms with van der Waals surface area (Å²) in [5, 5.41) is 0. The summed E-state index contributed by atoms with van der Waals surface area (Å²) in [5.74, 6) is -2.25. The number of methoxy groups -OCH3 is 1. The lowest BCUT2D eigenvalue weighted by Crippen LogP contribution is -2.33. The van der Waals surface area contributed by atoms with Gasteiger partial charge in [-0.1, -0.05) is 12.1 Å². The second kappa shape index (κ2) is 6.56. The monoisotopic (exact) mass is 339 g/mol. The Kier molecular flexibility index (Phi) is 4.30. The number of hydrogen-bond donors (Lipinski definition) is 0. The minimum atomic E-state index is -0.715. The average molecular weight is 339 g/mol. The van der Waals surface area contributed by atoms with Crippen LogP contribution in [-0.2, 0) is 9.47 Å². The van der Waals surface area contributed by atoms with Crippen molar-refractivity contribution in [1.29, 1.82) is 0 Å². The quantitative estimate of drug-likeness (QED) is 0.624. The third kappa shape index (κ3) is 2.99. The van der Waals surface area contributed by atoms with E-state index in [2.05, 4.69) is 4.74 Å². The Morgan fingerprint density at radius 3 is 1.80 bits per heavy atom. The highest BCUT2D eigenvalue weighted by atomic mass is 16.5. The zero-order valence-corrected chi connectivity index (χ0v) is 13.2. The number of nitrogens with zero attached hydrogens (tertiary/aromatic N) is 1. The number of benzene rings is 2. The van der Waals surface area contributed by atoms with Gasteiger partial charge in [0.1, 0.15) is 0 Å². The highest BCUT2D eigenvalue weighted by Gasteiger charge is 2.35. The van der Waals surface area contributed by atoms with Crippen LogP contribution in [0.4, 0.5) is 0 Å². The van der Waals surface area contributed by atoms with E-state index in [-0.39, 0.29) is 16.7 Å². The summed E-state index contributed by atoms with van der Waals surface area (Å²) in [6.45, 7) is -0.482. The first-order valence-electron chi connectivity index (χ1n) is 7.33. The number of ether oxygens (including phenoxy) is 2. The third-order valence-corrected chi connectivity index (χ3v) is 3.74. The number of fused-ring (bicyclic) bond motifs is 1. The van der Waals surface area contributed by atoms with Gasteiger partial charge in [-0.05, 0) is 36.4 Å². The van der Waals surface area contributed by atoms with Gasteiger partial charge in [0.05, 0.1) is 29.4 Å². The van der Waals surface area contributed by atoms with Crippen molar-refractivity contribution in [3.63, 3.8) is 0 Å². The second-order valence-corrected chi connectivity index (χ2v) is 5.21. The molecule has 1 heterocycles. The Morgan fingerprint density at radius 2 is 1.32 bits per heavy atom. The Morgan fingerprint density at radius 1 is 0.840 bits per heavy atom. The second-order valence-electron chi connectivity index (χ2n) is 5.21. The maximum absolute atomic E-state index is 12.2. The summed E-state index contributed by atoms with van der Waals surface area (Å²) in [6, 6.07) is 12.0. The topological polar surface area (TPSA) is 90.0 Å². The van der Waals surface area contributed by atoms with Gasteiger partial charge in [0.25, 0.3) is 11.8 Å². The number of imide groups is 1. The molecule has 3 rings (SSSR count). The smallest absolute Gasteiger partial charge is 0.339 e. The molecule has 1 aliphatic rings. The van der Waals surface area contributed by atoms with Gasteiger partial charge < -0.3 is 9.47 Å². The molecule has 2 amide bonds. The van der Waals surface area contributed by atoms with Crippen molar-refractivity contribution >= 4 is 23.8 Å². The van der Waals surface area contributed by atoms with Crippen molar-refractivity contribution in [1.82, 2.24) is 4.90 Å². The molecule has 2 aromatic rings.